The first-order chi connectivity index (χ1) is 14.4. The summed E-state index contributed by atoms with van der Waals surface area (Å²) in [5, 5.41) is 5.10. The van der Waals surface area contributed by atoms with Crippen molar-refractivity contribution in [3.05, 3.63) is 82.0 Å². The SMILES string of the molecule is CC(C)c1cccc(NC(=O)Cn2cnc3scc(-c4ccc(F)cc4)c3c2=O)c1. The number of hydrogen-bond acceptors (Lipinski definition) is 4. The number of carbonyl (C=O) groups excluding carboxylic acids is 1. The van der Waals surface area contributed by atoms with E-state index in [2.05, 4.69) is 24.1 Å². The van der Waals surface area contributed by atoms with Crippen LogP contribution in [0.1, 0.15) is 25.3 Å². The van der Waals surface area contributed by atoms with E-state index in [1.807, 2.05) is 29.6 Å². The predicted octanol–water partition coefficient (Wildman–Crippen LogP) is 5.03. The van der Waals surface area contributed by atoms with E-state index in [1.54, 1.807) is 12.1 Å². The molecule has 0 aliphatic heterocycles. The van der Waals surface area contributed by atoms with E-state index in [1.165, 1.54) is 34.4 Å². The summed E-state index contributed by atoms with van der Waals surface area (Å²) in [5.74, 6) is -0.302. The van der Waals surface area contributed by atoms with Gasteiger partial charge in [0.05, 0.1) is 11.7 Å². The quantitative estimate of drug-likeness (QED) is 0.492. The van der Waals surface area contributed by atoms with E-state index in [9.17, 15) is 14.0 Å². The van der Waals surface area contributed by atoms with Gasteiger partial charge in [-0.25, -0.2) is 9.37 Å². The molecule has 152 valence electrons. The van der Waals surface area contributed by atoms with Crippen LogP contribution in [-0.4, -0.2) is 15.5 Å². The summed E-state index contributed by atoms with van der Waals surface area (Å²) < 4.78 is 14.6. The Morgan fingerprint density at radius 3 is 2.70 bits per heavy atom. The largest absolute Gasteiger partial charge is 0.325 e. The minimum atomic E-state index is -0.341. The van der Waals surface area contributed by atoms with Crippen LogP contribution < -0.4 is 10.9 Å². The minimum absolute atomic E-state index is 0.146. The molecule has 4 rings (SSSR count). The van der Waals surface area contributed by atoms with Crippen LogP contribution in [0.5, 0.6) is 0 Å². The number of nitrogens with zero attached hydrogens (tertiary/aromatic N) is 2. The molecule has 1 N–H and O–H groups in total. The predicted molar refractivity (Wildman–Crippen MR) is 118 cm³/mol. The average molecular weight is 421 g/mol. The van der Waals surface area contributed by atoms with Crippen LogP contribution in [-0.2, 0) is 11.3 Å². The molecule has 0 atom stereocenters. The highest BCUT2D eigenvalue weighted by molar-refractivity contribution is 7.17. The normalized spacial score (nSPS) is 11.2. The van der Waals surface area contributed by atoms with Crippen molar-refractivity contribution in [3.63, 3.8) is 0 Å². The van der Waals surface area contributed by atoms with E-state index >= 15 is 0 Å². The Bertz CT molecular complexity index is 1280. The Morgan fingerprint density at radius 1 is 1.20 bits per heavy atom. The summed E-state index contributed by atoms with van der Waals surface area (Å²) in [4.78, 5) is 30.5. The van der Waals surface area contributed by atoms with Crippen molar-refractivity contribution in [2.75, 3.05) is 5.32 Å². The summed E-state index contributed by atoms with van der Waals surface area (Å²) in [6.07, 6.45) is 1.39. The van der Waals surface area contributed by atoms with Crippen LogP contribution >= 0.6 is 11.3 Å². The standard InChI is InChI=1S/C23H20FN3O2S/c1-14(2)16-4-3-5-18(10-16)26-20(28)11-27-13-25-22-21(23(27)29)19(12-30-22)15-6-8-17(24)9-7-15/h3-10,12-14H,11H2,1-2H3,(H,26,28). The lowest BCUT2D eigenvalue weighted by Crippen LogP contribution is -2.27. The van der Waals surface area contributed by atoms with Gasteiger partial charge in [0.25, 0.3) is 5.56 Å². The molecule has 2 aromatic heterocycles. The van der Waals surface area contributed by atoms with E-state index in [0.29, 0.717) is 27.4 Å². The molecule has 0 fully saturated rings. The molecule has 0 bridgehead atoms. The monoisotopic (exact) mass is 421 g/mol. The first-order valence-electron chi connectivity index (χ1n) is 9.55. The van der Waals surface area contributed by atoms with Crippen LogP contribution in [0, 0.1) is 5.82 Å². The third-order valence-electron chi connectivity index (χ3n) is 4.87. The number of nitrogens with one attached hydrogen (secondary N) is 1. The molecule has 7 heteroatoms. The van der Waals surface area contributed by atoms with E-state index in [0.717, 1.165) is 11.1 Å². The number of carbonyl (C=O) groups is 1. The lowest BCUT2D eigenvalue weighted by atomic mass is 10.0. The van der Waals surface area contributed by atoms with E-state index in [-0.39, 0.29) is 23.8 Å². The molecule has 4 aromatic rings. The first-order valence-corrected chi connectivity index (χ1v) is 10.4. The maximum Gasteiger partial charge on any atom is 0.263 e. The molecule has 0 radical (unpaired) electrons. The Hall–Kier alpha value is -3.32. The number of benzene rings is 2. The molecular weight excluding hydrogens is 401 g/mol. The van der Waals surface area contributed by atoms with Gasteiger partial charge in [-0.05, 0) is 41.3 Å². The summed E-state index contributed by atoms with van der Waals surface area (Å²) in [6.45, 7) is 4.02. The van der Waals surface area contributed by atoms with Gasteiger partial charge in [-0.2, -0.15) is 0 Å². The highest BCUT2D eigenvalue weighted by Crippen LogP contribution is 2.30. The molecular formula is C23H20FN3O2S. The molecule has 2 aromatic carbocycles. The molecule has 5 nitrogen and oxygen atoms in total. The smallest absolute Gasteiger partial charge is 0.263 e. The van der Waals surface area contributed by atoms with Crippen molar-refractivity contribution in [2.45, 2.75) is 26.3 Å². The summed E-state index contributed by atoms with van der Waals surface area (Å²) in [5.41, 5.74) is 2.93. The first kappa shape index (κ1) is 20.0. The highest BCUT2D eigenvalue weighted by Gasteiger charge is 2.15. The Morgan fingerprint density at radius 2 is 1.97 bits per heavy atom. The average Bonchev–Trinajstić information content (AvgIpc) is 3.16. The van der Waals surface area contributed by atoms with Gasteiger partial charge in [0.15, 0.2) is 0 Å². The van der Waals surface area contributed by atoms with Gasteiger partial charge >= 0.3 is 0 Å². The number of amides is 1. The lowest BCUT2D eigenvalue weighted by molar-refractivity contribution is -0.116. The molecule has 0 spiro atoms. The molecule has 0 unspecified atom stereocenters. The van der Waals surface area contributed by atoms with Gasteiger partial charge < -0.3 is 5.32 Å². The Kier molecular flexibility index (Phi) is 5.46. The van der Waals surface area contributed by atoms with Crippen LogP contribution in [0.3, 0.4) is 0 Å². The molecule has 2 heterocycles. The second kappa shape index (κ2) is 8.20. The van der Waals surface area contributed by atoms with Crippen LogP contribution in [0.2, 0.25) is 0 Å². The van der Waals surface area contributed by atoms with Crippen molar-refractivity contribution in [2.24, 2.45) is 0 Å². The van der Waals surface area contributed by atoms with Crippen molar-refractivity contribution >= 4 is 33.1 Å². The topological polar surface area (TPSA) is 64.0 Å². The van der Waals surface area contributed by atoms with Crippen molar-refractivity contribution in [3.8, 4) is 11.1 Å². The zero-order valence-electron chi connectivity index (χ0n) is 16.6. The molecule has 0 saturated carbocycles. The molecule has 0 aliphatic rings. The van der Waals surface area contributed by atoms with Crippen LogP contribution in [0.25, 0.3) is 21.3 Å². The zero-order chi connectivity index (χ0) is 21.3. The van der Waals surface area contributed by atoms with Gasteiger partial charge in [0.1, 0.15) is 17.2 Å². The fourth-order valence-electron chi connectivity index (χ4n) is 3.25. The summed E-state index contributed by atoms with van der Waals surface area (Å²) in [6, 6.07) is 13.6. The van der Waals surface area contributed by atoms with Crippen LogP contribution in [0.15, 0.2) is 65.0 Å². The Labute approximate surface area is 176 Å². The van der Waals surface area contributed by atoms with Gasteiger partial charge in [-0.1, -0.05) is 38.1 Å². The third-order valence-corrected chi connectivity index (χ3v) is 5.75. The molecule has 30 heavy (non-hydrogen) atoms. The summed E-state index contributed by atoms with van der Waals surface area (Å²) in [7, 11) is 0. The number of aromatic nitrogens is 2. The van der Waals surface area contributed by atoms with Gasteiger partial charge in [-0.3, -0.25) is 14.2 Å². The maximum atomic E-state index is 13.3. The number of fused-ring (bicyclic) bond motifs is 1. The molecule has 0 aliphatic carbocycles. The Balaban J connectivity index is 1.62. The fourth-order valence-corrected chi connectivity index (χ4v) is 4.16. The number of hydrogen-bond donors (Lipinski definition) is 1. The minimum Gasteiger partial charge on any atom is -0.325 e. The number of thiophene rings is 1. The van der Waals surface area contributed by atoms with Crippen molar-refractivity contribution < 1.29 is 9.18 Å². The van der Waals surface area contributed by atoms with Crippen molar-refractivity contribution in [1.29, 1.82) is 0 Å². The lowest BCUT2D eigenvalue weighted by Gasteiger charge is -2.10. The second-order valence-electron chi connectivity index (χ2n) is 7.34. The number of halogens is 1. The second-order valence-corrected chi connectivity index (χ2v) is 8.20. The number of anilines is 1. The number of rotatable bonds is 5. The van der Waals surface area contributed by atoms with Crippen molar-refractivity contribution in [1.82, 2.24) is 9.55 Å². The van der Waals surface area contributed by atoms with Crippen LogP contribution in [0.4, 0.5) is 10.1 Å². The molecule has 0 saturated heterocycles. The van der Waals surface area contributed by atoms with Gasteiger partial charge in [0, 0.05) is 16.6 Å². The highest BCUT2D eigenvalue weighted by atomic mass is 32.1. The zero-order valence-corrected chi connectivity index (χ0v) is 17.4. The fraction of sp³-hybridized carbons (Fsp3) is 0.174. The van der Waals surface area contributed by atoms with Gasteiger partial charge in [0.2, 0.25) is 5.91 Å². The van der Waals surface area contributed by atoms with E-state index < -0.39 is 0 Å². The summed E-state index contributed by atoms with van der Waals surface area (Å²) >= 11 is 1.34. The van der Waals surface area contributed by atoms with Gasteiger partial charge in [-0.15, -0.1) is 11.3 Å². The third kappa shape index (κ3) is 4.02. The molecule has 1 amide bonds. The van der Waals surface area contributed by atoms with E-state index in [4.69, 9.17) is 0 Å². The maximum absolute atomic E-state index is 13.3.